The molecule has 2 heterocycles. The first kappa shape index (κ1) is 15.3. The fourth-order valence-corrected chi connectivity index (χ4v) is 2.73. The fraction of sp³-hybridized carbons (Fsp3) is 0.857. The van der Waals surface area contributed by atoms with Crippen molar-refractivity contribution in [3.63, 3.8) is 0 Å². The number of carbonyl (C=O) groups is 2. The highest BCUT2D eigenvalue weighted by Gasteiger charge is 2.34. The molecule has 6 nitrogen and oxygen atoms in total. The number of esters is 1. The van der Waals surface area contributed by atoms with Crippen LogP contribution in [0.4, 0.5) is 0 Å². The average molecular weight is 284 g/mol. The monoisotopic (exact) mass is 284 g/mol. The van der Waals surface area contributed by atoms with Gasteiger partial charge in [-0.3, -0.25) is 4.79 Å². The topological polar surface area (TPSA) is 67.9 Å². The van der Waals surface area contributed by atoms with E-state index in [1.54, 1.807) is 11.8 Å². The van der Waals surface area contributed by atoms with Crippen LogP contribution in [0.15, 0.2) is 0 Å². The average Bonchev–Trinajstić information content (AvgIpc) is 2.48. The lowest BCUT2D eigenvalue weighted by Crippen LogP contribution is -2.57. The Balaban J connectivity index is 1.92. The number of carbonyl (C=O) groups excluding carboxylic acids is 2. The zero-order valence-corrected chi connectivity index (χ0v) is 12.1. The van der Waals surface area contributed by atoms with Gasteiger partial charge >= 0.3 is 5.97 Å². The Kier molecular flexibility index (Phi) is 5.79. The first-order valence-electron chi connectivity index (χ1n) is 7.50. The van der Waals surface area contributed by atoms with Gasteiger partial charge in [-0.15, -0.1) is 0 Å². The third kappa shape index (κ3) is 3.93. The van der Waals surface area contributed by atoms with Crippen LogP contribution in [0.25, 0.3) is 0 Å². The van der Waals surface area contributed by atoms with Gasteiger partial charge in [0.15, 0.2) is 0 Å². The van der Waals surface area contributed by atoms with Gasteiger partial charge in [-0.1, -0.05) is 0 Å². The van der Waals surface area contributed by atoms with Crippen LogP contribution < -0.4 is 5.32 Å². The summed E-state index contributed by atoms with van der Waals surface area (Å²) < 4.78 is 10.7. The van der Waals surface area contributed by atoms with Gasteiger partial charge in [0.2, 0.25) is 5.91 Å². The minimum atomic E-state index is -0.500. The lowest BCUT2D eigenvalue weighted by molar-refractivity contribution is -0.157. The predicted octanol–water partition coefficient (Wildman–Crippen LogP) is 0.309. The summed E-state index contributed by atoms with van der Waals surface area (Å²) in [6.45, 7) is 4.58. The number of nitrogens with one attached hydrogen (secondary N) is 1. The third-order valence-corrected chi connectivity index (χ3v) is 3.80. The summed E-state index contributed by atoms with van der Waals surface area (Å²) in [5.41, 5.74) is 0. The second-order valence-corrected chi connectivity index (χ2v) is 5.25. The normalized spacial score (nSPS) is 27.1. The SMILES string of the molecule is CCOC(=O)C1CNCCN1C(=O)CC1CCCCO1. The van der Waals surface area contributed by atoms with E-state index in [-0.39, 0.29) is 18.0 Å². The van der Waals surface area contributed by atoms with E-state index in [1.807, 2.05) is 0 Å². The highest BCUT2D eigenvalue weighted by molar-refractivity contribution is 5.85. The van der Waals surface area contributed by atoms with Crippen molar-refractivity contribution in [1.29, 1.82) is 0 Å². The summed E-state index contributed by atoms with van der Waals surface area (Å²) in [6.07, 6.45) is 3.50. The van der Waals surface area contributed by atoms with Crippen LogP contribution in [0.2, 0.25) is 0 Å². The smallest absolute Gasteiger partial charge is 0.330 e. The molecule has 1 amide bonds. The van der Waals surface area contributed by atoms with E-state index in [2.05, 4.69) is 5.32 Å². The highest BCUT2D eigenvalue weighted by Crippen LogP contribution is 2.18. The molecule has 2 aliphatic heterocycles. The van der Waals surface area contributed by atoms with E-state index in [0.29, 0.717) is 32.7 Å². The molecule has 1 N–H and O–H groups in total. The molecule has 6 heteroatoms. The van der Waals surface area contributed by atoms with Crippen LogP contribution in [0, 0.1) is 0 Å². The van der Waals surface area contributed by atoms with E-state index >= 15 is 0 Å². The summed E-state index contributed by atoms with van der Waals surface area (Å²) >= 11 is 0. The Bertz CT molecular complexity index is 342. The standard InChI is InChI=1S/C14H24N2O4/c1-2-19-14(18)12-10-15-6-7-16(12)13(17)9-11-5-3-4-8-20-11/h11-12,15H,2-10H2,1H3. The number of hydrogen-bond donors (Lipinski definition) is 1. The molecule has 0 aromatic rings. The maximum atomic E-state index is 12.4. The van der Waals surface area contributed by atoms with Crippen molar-refractivity contribution >= 4 is 11.9 Å². The van der Waals surface area contributed by atoms with Crippen molar-refractivity contribution in [2.24, 2.45) is 0 Å². The fourth-order valence-electron chi connectivity index (χ4n) is 2.73. The van der Waals surface area contributed by atoms with Crippen molar-refractivity contribution in [2.45, 2.75) is 44.8 Å². The summed E-state index contributed by atoms with van der Waals surface area (Å²) in [4.78, 5) is 26.0. The first-order valence-corrected chi connectivity index (χ1v) is 7.50. The van der Waals surface area contributed by atoms with Gasteiger partial charge in [0.1, 0.15) is 6.04 Å². The summed E-state index contributed by atoms with van der Waals surface area (Å²) in [5, 5.41) is 3.14. The molecule has 0 aromatic heterocycles. The van der Waals surface area contributed by atoms with Gasteiger partial charge in [-0.25, -0.2) is 4.79 Å². The van der Waals surface area contributed by atoms with E-state index in [1.165, 1.54) is 0 Å². The molecular formula is C14H24N2O4. The van der Waals surface area contributed by atoms with Crippen molar-refractivity contribution in [2.75, 3.05) is 32.8 Å². The van der Waals surface area contributed by atoms with Crippen molar-refractivity contribution in [1.82, 2.24) is 10.2 Å². The van der Waals surface area contributed by atoms with Gasteiger partial charge in [-0.2, -0.15) is 0 Å². The molecule has 2 unspecified atom stereocenters. The molecule has 0 saturated carbocycles. The molecular weight excluding hydrogens is 260 g/mol. The largest absolute Gasteiger partial charge is 0.464 e. The number of amides is 1. The molecule has 2 atom stereocenters. The molecule has 2 fully saturated rings. The Morgan fingerprint density at radius 2 is 2.25 bits per heavy atom. The molecule has 0 aromatic carbocycles. The number of nitrogens with zero attached hydrogens (tertiary/aromatic N) is 1. The van der Waals surface area contributed by atoms with Crippen LogP contribution in [-0.2, 0) is 19.1 Å². The molecule has 20 heavy (non-hydrogen) atoms. The lowest BCUT2D eigenvalue weighted by Gasteiger charge is -2.35. The van der Waals surface area contributed by atoms with Gasteiger partial charge in [0.25, 0.3) is 0 Å². The molecule has 0 aliphatic carbocycles. The van der Waals surface area contributed by atoms with Gasteiger partial charge in [-0.05, 0) is 26.2 Å². The number of piperazine rings is 1. The lowest BCUT2D eigenvalue weighted by atomic mass is 10.0. The first-order chi connectivity index (χ1) is 9.72. The van der Waals surface area contributed by atoms with Crippen molar-refractivity contribution in [3.8, 4) is 0 Å². The van der Waals surface area contributed by atoms with Crippen molar-refractivity contribution < 1.29 is 19.1 Å². The zero-order chi connectivity index (χ0) is 14.4. The molecule has 114 valence electrons. The van der Waals surface area contributed by atoms with E-state index < -0.39 is 6.04 Å². The summed E-state index contributed by atoms with van der Waals surface area (Å²) in [7, 11) is 0. The van der Waals surface area contributed by atoms with Crippen LogP contribution in [0.3, 0.4) is 0 Å². The van der Waals surface area contributed by atoms with E-state index in [4.69, 9.17) is 9.47 Å². The number of ether oxygens (including phenoxy) is 2. The van der Waals surface area contributed by atoms with Crippen LogP contribution in [-0.4, -0.2) is 61.8 Å². The summed E-state index contributed by atoms with van der Waals surface area (Å²) in [6, 6.07) is -0.500. The molecule has 0 bridgehead atoms. The number of rotatable bonds is 4. The van der Waals surface area contributed by atoms with Crippen LogP contribution >= 0.6 is 0 Å². The van der Waals surface area contributed by atoms with E-state index in [9.17, 15) is 9.59 Å². The number of hydrogen-bond acceptors (Lipinski definition) is 5. The minimum Gasteiger partial charge on any atom is -0.464 e. The molecule has 0 spiro atoms. The molecule has 2 saturated heterocycles. The quantitative estimate of drug-likeness (QED) is 0.753. The molecule has 2 rings (SSSR count). The Hall–Kier alpha value is -1.14. The second kappa shape index (κ2) is 7.59. The van der Waals surface area contributed by atoms with Crippen molar-refractivity contribution in [3.05, 3.63) is 0 Å². The van der Waals surface area contributed by atoms with Crippen LogP contribution in [0.1, 0.15) is 32.6 Å². The summed E-state index contributed by atoms with van der Waals surface area (Å²) in [5.74, 6) is -0.325. The maximum absolute atomic E-state index is 12.4. The zero-order valence-electron chi connectivity index (χ0n) is 12.1. The second-order valence-electron chi connectivity index (χ2n) is 5.25. The van der Waals surface area contributed by atoms with Gasteiger partial charge in [0, 0.05) is 26.2 Å². The predicted molar refractivity (Wildman–Crippen MR) is 73.2 cm³/mol. The van der Waals surface area contributed by atoms with Gasteiger partial charge in [0.05, 0.1) is 19.1 Å². The maximum Gasteiger partial charge on any atom is 0.330 e. The Labute approximate surface area is 119 Å². The van der Waals surface area contributed by atoms with Crippen LogP contribution in [0.5, 0.6) is 0 Å². The Morgan fingerprint density at radius 1 is 1.40 bits per heavy atom. The molecule has 2 aliphatic rings. The van der Waals surface area contributed by atoms with Gasteiger partial charge < -0.3 is 19.7 Å². The molecule has 0 radical (unpaired) electrons. The third-order valence-electron chi connectivity index (χ3n) is 3.80. The Morgan fingerprint density at radius 3 is 2.95 bits per heavy atom. The minimum absolute atomic E-state index is 0.00328. The van der Waals surface area contributed by atoms with E-state index in [0.717, 1.165) is 25.9 Å². The highest BCUT2D eigenvalue weighted by atomic mass is 16.5.